The van der Waals surface area contributed by atoms with Gasteiger partial charge in [0.2, 0.25) is 0 Å². The molecule has 3 heterocycles. The molecule has 0 amide bonds. The number of fused-ring (bicyclic) bond motifs is 33. The van der Waals surface area contributed by atoms with Crippen molar-refractivity contribution < 1.29 is 13.3 Å². The molecule has 690 valence electrons. The van der Waals surface area contributed by atoms with Gasteiger partial charge in [-0.25, -0.2) is 0 Å². The van der Waals surface area contributed by atoms with Gasteiger partial charge >= 0.3 is 0 Å². The van der Waals surface area contributed by atoms with Crippen molar-refractivity contribution in [2.24, 2.45) is 0 Å². The average molecular weight is 1850 g/mol. The minimum atomic E-state index is -0.120. The number of nitrogens with zero attached hydrogens (tertiary/aromatic N) is 3. The fourth-order valence-electron chi connectivity index (χ4n) is 26.6. The van der Waals surface area contributed by atoms with E-state index in [1.807, 2.05) is 0 Å². The third kappa shape index (κ3) is 12.2. The molecule has 0 saturated carbocycles. The number of para-hydroxylation sites is 3. The zero-order valence-corrected chi connectivity index (χ0v) is 82.9. The SMILES string of the molecule is CC1(C)c2ccccc2-c2cc(N(c3ccc4c(c3)-c3ccccc3C4(C)C)c3cccc4c3oc3ccc5ccccc5c34)ccc21.CC1(C)c2ccccc2-c2cc(N(c3ccc4c(c3)C(C)(C)c3ccccc3-4)c3cccc4c3oc3ccc5ccccc5c34)ccc21.CC1(C)c2ccccc2-c2ccc(N(c3cccc4c3-c3ccccc3C4(C)C)c3cccc4c3oc3ccc5ccccc5c34)cc21. The maximum absolute atomic E-state index is 6.89. The Morgan fingerprint density at radius 1 is 0.160 bits per heavy atom. The number of hydrogen-bond acceptors (Lipinski definition) is 6. The molecule has 0 saturated heterocycles. The largest absolute Gasteiger partial charge is 0.454 e. The maximum Gasteiger partial charge on any atom is 0.159 e. The van der Waals surface area contributed by atoms with Gasteiger partial charge in [-0.15, -0.1) is 0 Å². The molecule has 0 aliphatic heterocycles. The van der Waals surface area contributed by atoms with Crippen molar-refractivity contribution in [1.29, 1.82) is 0 Å². The van der Waals surface area contributed by atoms with E-state index >= 15 is 0 Å². The summed E-state index contributed by atoms with van der Waals surface area (Å²) in [5.41, 5.74) is 46.9. The topological polar surface area (TPSA) is 49.1 Å². The monoisotopic (exact) mass is 1850 g/mol. The molecule has 24 aromatic rings. The lowest BCUT2D eigenvalue weighted by atomic mass is 9.82. The first-order valence-corrected chi connectivity index (χ1v) is 50.8. The van der Waals surface area contributed by atoms with E-state index in [9.17, 15) is 0 Å². The van der Waals surface area contributed by atoms with E-state index in [2.05, 4.69) is 516 Å². The first-order chi connectivity index (χ1) is 70.0. The highest BCUT2D eigenvalue weighted by Gasteiger charge is 2.45. The van der Waals surface area contributed by atoms with Crippen LogP contribution in [0.3, 0.4) is 0 Å². The first-order valence-electron chi connectivity index (χ1n) is 50.8. The summed E-state index contributed by atoms with van der Waals surface area (Å²) in [5, 5.41) is 14.2. The minimum Gasteiger partial charge on any atom is -0.454 e. The molecule has 6 nitrogen and oxygen atoms in total. The van der Waals surface area contributed by atoms with Crippen molar-refractivity contribution in [3.63, 3.8) is 0 Å². The second-order valence-corrected chi connectivity index (χ2v) is 43.6. The quantitative estimate of drug-likeness (QED) is 0.144. The molecule has 6 aliphatic rings. The Kier molecular flexibility index (Phi) is 18.3. The number of anilines is 9. The van der Waals surface area contributed by atoms with Crippen LogP contribution in [0.1, 0.15) is 150 Å². The van der Waals surface area contributed by atoms with Crippen molar-refractivity contribution in [2.45, 2.75) is 116 Å². The van der Waals surface area contributed by atoms with Crippen LogP contribution in [0.15, 0.2) is 432 Å². The smallest absolute Gasteiger partial charge is 0.159 e. The zero-order chi connectivity index (χ0) is 97.1. The van der Waals surface area contributed by atoms with Crippen LogP contribution in [0.5, 0.6) is 0 Å². The maximum atomic E-state index is 6.89. The lowest BCUT2D eigenvalue weighted by Crippen LogP contribution is -2.17. The molecule has 21 aromatic carbocycles. The van der Waals surface area contributed by atoms with Crippen molar-refractivity contribution in [3.05, 3.63) is 485 Å². The summed E-state index contributed by atoms with van der Waals surface area (Å²) in [4.78, 5) is 7.29. The number of rotatable bonds is 9. The second-order valence-electron chi connectivity index (χ2n) is 43.6. The summed E-state index contributed by atoms with van der Waals surface area (Å²) in [6, 6.07) is 154. The number of benzene rings is 21. The van der Waals surface area contributed by atoms with E-state index in [4.69, 9.17) is 13.3 Å². The van der Waals surface area contributed by atoms with Gasteiger partial charge < -0.3 is 28.0 Å². The fourth-order valence-corrected chi connectivity index (χ4v) is 26.6. The number of furan rings is 3. The van der Waals surface area contributed by atoms with Gasteiger partial charge in [0.25, 0.3) is 0 Å². The molecular weight excluding hydrogens is 1750 g/mol. The third-order valence-electron chi connectivity index (χ3n) is 33.8. The molecule has 6 aliphatic carbocycles. The van der Waals surface area contributed by atoms with Crippen LogP contribution in [0.25, 0.3) is 165 Å². The Balaban J connectivity index is 0.000000105. The summed E-state index contributed by atoms with van der Waals surface area (Å²) in [6.07, 6.45) is 0. The van der Waals surface area contributed by atoms with Crippen molar-refractivity contribution in [2.75, 3.05) is 14.7 Å². The summed E-state index contributed by atoms with van der Waals surface area (Å²) in [7, 11) is 0. The van der Waals surface area contributed by atoms with Crippen LogP contribution in [0.4, 0.5) is 51.2 Å². The van der Waals surface area contributed by atoms with Crippen LogP contribution in [-0.4, -0.2) is 0 Å². The lowest BCUT2D eigenvalue weighted by Gasteiger charge is -2.30. The van der Waals surface area contributed by atoms with E-state index in [-0.39, 0.29) is 32.5 Å². The van der Waals surface area contributed by atoms with Gasteiger partial charge in [-0.2, -0.15) is 0 Å². The Morgan fingerprint density at radius 2 is 0.396 bits per heavy atom. The molecule has 0 N–H and O–H groups in total. The van der Waals surface area contributed by atoms with Crippen molar-refractivity contribution in [3.8, 4) is 66.8 Å². The van der Waals surface area contributed by atoms with E-state index in [1.54, 1.807) is 0 Å². The minimum absolute atomic E-state index is 0.0571. The molecule has 0 unspecified atom stereocenters. The highest BCUT2D eigenvalue weighted by Crippen LogP contribution is 2.62. The van der Waals surface area contributed by atoms with E-state index < -0.39 is 0 Å². The highest BCUT2D eigenvalue weighted by molar-refractivity contribution is 6.24. The molecule has 6 heteroatoms. The molecule has 0 spiro atoms. The normalized spacial score (nSPS) is 15.0. The molecule has 0 bridgehead atoms. The van der Waals surface area contributed by atoms with Gasteiger partial charge in [-0.05, 0) is 263 Å². The number of hydrogen-bond donors (Lipinski definition) is 0. The van der Waals surface area contributed by atoms with Crippen molar-refractivity contribution in [1.82, 2.24) is 0 Å². The second kappa shape index (κ2) is 30.9. The van der Waals surface area contributed by atoms with Crippen LogP contribution in [0, 0.1) is 0 Å². The summed E-state index contributed by atoms with van der Waals surface area (Å²) < 4.78 is 20.6. The van der Waals surface area contributed by atoms with Crippen LogP contribution in [0.2, 0.25) is 0 Å². The molecule has 30 rings (SSSR count). The molecular formula is C138H105N3O3. The zero-order valence-electron chi connectivity index (χ0n) is 82.9. The predicted octanol–water partition coefficient (Wildman–Crippen LogP) is 38.5. The van der Waals surface area contributed by atoms with E-state index in [0.29, 0.717) is 0 Å². The molecule has 0 radical (unpaired) electrons. The van der Waals surface area contributed by atoms with Gasteiger partial charge in [0.05, 0.1) is 22.7 Å². The molecule has 0 fully saturated rings. The van der Waals surface area contributed by atoms with Gasteiger partial charge in [0.15, 0.2) is 16.7 Å². The lowest BCUT2D eigenvalue weighted by molar-refractivity contribution is 0.659. The summed E-state index contributed by atoms with van der Waals surface area (Å²) in [6.45, 7) is 28.2. The summed E-state index contributed by atoms with van der Waals surface area (Å²) >= 11 is 0. The first kappa shape index (κ1) is 85.2. The fraction of sp³-hybridized carbons (Fsp3) is 0.130. The van der Waals surface area contributed by atoms with Gasteiger partial charge in [-0.3, -0.25) is 0 Å². The van der Waals surface area contributed by atoms with Gasteiger partial charge in [0.1, 0.15) is 16.7 Å². The van der Waals surface area contributed by atoms with Gasteiger partial charge in [-0.1, -0.05) is 399 Å². The van der Waals surface area contributed by atoms with Crippen molar-refractivity contribution >= 4 is 149 Å². The Bertz CT molecular complexity index is 9540. The Hall–Kier alpha value is -16.8. The van der Waals surface area contributed by atoms with Gasteiger partial charge in [0, 0.05) is 98.8 Å². The van der Waals surface area contributed by atoms with E-state index in [0.717, 1.165) is 101 Å². The van der Waals surface area contributed by atoms with Crippen LogP contribution >= 0.6 is 0 Å². The predicted molar refractivity (Wildman–Crippen MR) is 603 cm³/mol. The third-order valence-corrected chi connectivity index (χ3v) is 33.8. The Morgan fingerprint density at radius 3 is 0.757 bits per heavy atom. The standard InChI is InChI=1S/3C46H35NO/c1-45(2)36-19-10-8-16-33(36)43-37(45)20-12-21-39(43)47(29-24-25-32-31-15-7-9-18-35(31)46(3,4)38(32)27-29)40-22-11-17-34-42-30-14-6-5-13-28(30)23-26-41(42)48-44(34)40;1-45(2)38-18-10-8-15-33(38)36-26-29(22-24-39(36)45)47(30-21-23-34-32-14-7-9-17-37(32)46(3,4)40(34)27-30)41-19-11-16-35-43-31-13-6-5-12-28(31)20-25-42(43)48-44(35)41;1-45(2)37-17-9-7-14-32(37)35-26-29(21-23-39(35)45)47(30-22-24-40-36(27-30)33-15-8-10-18-38(33)46(40,3)4)41-19-11-16-34-43-31-13-6-5-12-28(31)20-25-42(43)48-44(34)41/h3*5-27H,1-4H3. The molecule has 0 atom stereocenters. The molecule has 144 heavy (non-hydrogen) atoms. The summed E-state index contributed by atoms with van der Waals surface area (Å²) in [5.74, 6) is 0. The highest BCUT2D eigenvalue weighted by atomic mass is 16.3. The van der Waals surface area contributed by atoms with Crippen LogP contribution < -0.4 is 14.7 Å². The van der Waals surface area contributed by atoms with E-state index in [1.165, 1.54) is 182 Å². The Labute approximate surface area is 839 Å². The average Bonchev–Trinajstić information content (AvgIpc) is 1.53. The van der Waals surface area contributed by atoms with Crippen LogP contribution in [-0.2, 0) is 32.5 Å². The molecule has 3 aromatic heterocycles.